The van der Waals surface area contributed by atoms with Crippen LogP contribution >= 0.6 is 0 Å². The maximum atomic E-state index is 13.1. The Balaban J connectivity index is 2.06. The molecule has 0 saturated carbocycles. The Bertz CT molecular complexity index is 392. The molecule has 0 aromatic heterocycles. The van der Waals surface area contributed by atoms with Crippen LogP contribution in [-0.2, 0) is 6.54 Å². The highest BCUT2D eigenvalue weighted by atomic mass is 19.1. The minimum atomic E-state index is -0.165. The lowest BCUT2D eigenvalue weighted by molar-refractivity contribution is 0.112. The molecule has 1 heterocycles. The van der Waals surface area contributed by atoms with Gasteiger partial charge in [-0.1, -0.05) is 12.5 Å². The zero-order valence-corrected chi connectivity index (χ0v) is 11.0. The van der Waals surface area contributed by atoms with E-state index in [2.05, 4.69) is 4.90 Å². The number of hydrogen-bond acceptors (Lipinski definition) is 2. The van der Waals surface area contributed by atoms with Gasteiger partial charge in [0, 0.05) is 19.2 Å². The van der Waals surface area contributed by atoms with Gasteiger partial charge in [-0.05, 0) is 56.0 Å². The first-order chi connectivity index (χ1) is 8.70. The molecule has 1 atom stereocenters. The molecule has 1 unspecified atom stereocenters. The summed E-state index contributed by atoms with van der Waals surface area (Å²) in [6.45, 7) is 4.17. The van der Waals surface area contributed by atoms with Gasteiger partial charge in [-0.3, -0.25) is 4.90 Å². The normalized spacial score (nSPS) is 21.2. The van der Waals surface area contributed by atoms with E-state index < -0.39 is 0 Å². The average molecular weight is 251 g/mol. The van der Waals surface area contributed by atoms with Crippen molar-refractivity contribution < 1.29 is 9.50 Å². The molecule has 1 aromatic carbocycles. The van der Waals surface area contributed by atoms with E-state index in [0.29, 0.717) is 6.04 Å². The number of piperidine rings is 1. The molecule has 2 nitrogen and oxygen atoms in total. The topological polar surface area (TPSA) is 23.5 Å². The fourth-order valence-corrected chi connectivity index (χ4v) is 2.80. The number of nitrogens with zero attached hydrogens (tertiary/aromatic N) is 1. The molecule has 18 heavy (non-hydrogen) atoms. The lowest BCUT2D eigenvalue weighted by Gasteiger charge is -2.35. The number of likely N-dealkylation sites (tertiary alicyclic amines) is 1. The third-order valence-electron chi connectivity index (χ3n) is 3.89. The van der Waals surface area contributed by atoms with E-state index >= 15 is 0 Å². The van der Waals surface area contributed by atoms with Crippen LogP contribution in [0.3, 0.4) is 0 Å². The summed E-state index contributed by atoms with van der Waals surface area (Å²) in [5, 5.41) is 9.12. The molecule has 3 heteroatoms. The second kappa shape index (κ2) is 6.30. The van der Waals surface area contributed by atoms with Crippen LogP contribution in [0.5, 0.6) is 0 Å². The molecule has 0 spiro atoms. The summed E-state index contributed by atoms with van der Waals surface area (Å²) in [5.41, 5.74) is 2.21. The number of aliphatic hydroxyl groups excluding tert-OH is 1. The maximum absolute atomic E-state index is 13.1. The van der Waals surface area contributed by atoms with Crippen molar-refractivity contribution in [2.45, 2.75) is 45.2 Å². The molecule has 100 valence electrons. The number of rotatable bonds is 4. The van der Waals surface area contributed by atoms with Gasteiger partial charge in [0.1, 0.15) is 5.82 Å². The van der Waals surface area contributed by atoms with E-state index in [0.717, 1.165) is 25.1 Å². The van der Waals surface area contributed by atoms with Crippen LogP contribution in [0.1, 0.15) is 36.8 Å². The summed E-state index contributed by atoms with van der Waals surface area (Å²) in [6.07, 6.45) is 4.49. The first kappa shape index (κ1) is 13.5. The number of aliphatic hydroxyl groups is 1. The Morgan fingerprint density at radius 1 is 1.39 bits per heavy atom. The monoisotopic (exact) mass is 251 g/mol. The smallest absolute Gasteiger partial charge is 0.123 e. The molecule has 1 saturated heterocycles. The maximum Gasteiger partial charge on any atom is 0.123 e. The fraction of sp³-hybridized carbons (Fsp3) is 0.600. The molecule has 0 bridgehead atoms. The molecule has 1 fully saturated rings. The van der Waals surface area contributed by atoms with Crippen molar-refractivity contribution >= 4 is 0 Å². The van der Waals surface area contributed by atoms with Crippen LogP contribution in [0.2, 0.25) is 0 Å². The van der Waals surface area contributed by atoms with E-state index in [1.54, 1.807) is 6.07 Å². The molecule has 0 amide bonds. The Labute approximate surface area is 108 Å². The number of hydrogen-bond donors (Lipinski definition) is 1. The Morgan fingerprint density at radius 3 is 2.94 bits per heavy atom. The summed E-state index contributed by atoms with van der Waals surface area (Å²) < 4.78 is 13.1. The summed E-state index contributed by atoms with van der Waals surface area (Å²) in [7, 11) is 0. The zero-order valence-electron chi connectivity index (χ0n) is 11.0. The van der Waals surface area contributed by atoms with E-state index in [1.807, 2.05) is 13.0 Å². The van der Waals surface area contributed by atoms with Crippen molar-refractivity contribution in [1.29, 1.82) is 0 Å². The number of halogens is 1. The van der Waals surface area contributed by atoms with Gasteiger partial charge < -0.3 is 5.11 Å². The van der Waals surface area contributed by atoms with Crippen molar-refractivity contribution in [3.63, 3.8) is 0 Å². The molecule has 1 aliphatic rings. The lowest BCUT2D eigenvalue weighted by Crippen LogP contribution is -2.39. The zero-order chi connectivity index (χ0) is 13.0. The van der Waals surface area contributed by atoms with E-state index in [9.17, 15) is 4.39 Å². The molecular formula is C15H22FNO. The van der Waals surface area contributed by atoms with Gasteiger partial charge in [0.15, 0.2) is 0 Å². The van der Waals surface area contributed by atoms with E-state index in [-0.39, 0.29) is 12.4 Å². The average Bonchev–Trinajstić information content (AvgIpc) is 2.35. The van der Waals surface area contributed by atoms with Gasteiger partial charge in [-0.2, -0.15) is 0 Å². The van der Waals surface area contributed by atoms with Crippen molar-refractivity contribution in [3.8, 4) is 0 Å². The molecule has 0 aliphatic carbocycles. The van der Waals surface area contributed by atoms with Crippen LogP contribution in [0.25, 0.3) is 0 Å². The predicted octanol–water partition coefficient (Wildman–Crippen LogP) is 2.87. The Morgan fingerprint density at radius 2 is 2.22 bits per heavy atom. The van der Waals surface area contributed by atoms with Crippen LogP contribution in [0.4, 0.5) is 4.39 Å². The first-order valence-corrected chi connectivity index (χ1v) is 6.80. The van der Waals surface area contributed by atoms with Gasteiger partial charge in [0.25, 0.3) is 0 Å². The highest BCUT2D eigenvalue weighted by molar-refractivity contribution is 5.26. The summed E-state index contributed by atoms with van der Waals surface area (Å²) >= 11 is 0. The minimum absolute atomic E-state index is 0.165. The highest BCUT2D eigenvalue weighted by Crippen LogP contribution is 2.23. The van der Waals surface area contributed by atoms with Crippen molar-refractivity contribution in [2.75, 3.05) is 13.2 Å². The van der Waals surface area contributed by atoms with Crippen LogP contribution in [-0.4, -0.2) is 29.2 Å². The van der Waals surface area contributed by atoms with Crippen LogP contribution in [0.15, 0.2) is 18.2 Å². The second-order valence-electron chi connectivity index (χ2n) is 5.20. The largest absolute Gasteiger partial charge is 0.396 e. The molecule has 1 aromatic rings. The van der Waals surface area contributed by atoms with Crippen LogP contribution < -0.4 is 0 Å². The quantitative estimate of drug-likeness (QED) is 0.889. The summed E-state index contributed by atoms with van der Waals surface area (Å²) in [5.74, 6) is -0.165. The third kappa shape index (κ3) is 3.30. The first-order valence-electron chi connectivity index (χ1n) is 6.80. The fourth-order valence-electron chi connectivity index (χ4n) is 2.80. The molecule has 1 N–H and O–H groups in total. The number of benzene rings is 1. The van der Waals surface area contributed by atoms with Gasteiger partial charge in [0.05, 0.1) is 0 Å². The Kier molecular flexibility index (Phi) is 4.72. The number of aryl methyl sites for hydroxylation is 1. The third-order valence-corrected chi connectivity index (χ3v) is 3.89. The lowest BCUT2D eigenvalue weighted by atomic mass is 9.98. The van der Waals surface area contributed by atoms with Crippen molar-refractivity contribution in [3.05, 3.63) is 35.1 Å². The van der Waals surface area contributed by atoms with Gasteiger partial charge >= 0.3 is 0 Å². The molecule has 1 aliphatic heterocycles. The predicted molar refractivity (Wildman–Crippen MR) is 70.9 cm³/mol. The summed E-state index contributed by atoms with van der Waals surface area (Å²) in [4.78, 5) is 2.43. The Hall–Kier alpha value is -0.930. The van der Waals surface area contributed by atoms with Crippen molar-refractivity contribution in [2.24, 2.45) is 0 Å². The standard InChI is InChI=1S/C15H22FNO/c1-12-10-14(16)6-5-13(12)11-17-8-3-2-4-15(17)7-9-18/h5-6,10,15,18H,2-4,7-9,11H2,1H3. The van der Waals surface area contributed by atoms with E-state index in [1.165, 1.54) is 30.9 Å². The second-order valence-corrected chi connectivity index (χ2v) is 5.20. The molecular weight excluding hydrogens is 229 g/mol. The summed E-state index contributed by atoms with van der Waals surface area (Å²) in [6, 6.07) is 5.50. The highest BCUT2D eigenvalue weighted by Gasteiger charge is 2.22. The van der Waals surface area contributed by atoms with Gasteiger partial charge in [-0.25, -0.2) is 4.39 Å². The van der Waals surface area contributed by atoms with E-state index in [4.69, 9.17) is 5.11 Å². The molecule has 2 rings (SSSR count). The van der Waals surface area contributed by atoms with Gasteiger partial charge in [-0.15, -0.1) is 0 Å². The SMILES string of the molecule is Cc1cc(F)ccc1CN1CCCCC1CCO. The van der Waals surface area contributed by atoms with Gasteiger partial charge in [0.2, 0.25) is 0 Å². The molecule has 0 radical (unpaired) electrons. The van der Waals surface area contributed by atoms with Crippen molar-refractivity contribution in [1.82, 2.24) is 4.90 Å². The van der Waals surface area contributed by atoms with Crippen LogP contribution in [0, 0.1) is 12.7 Å². The minimum Gasteiger partial charge on any atom is -0.396 e.